The van der Waals surface area contributed by atoms with Gasteiger partial charge in [0.2, 0.25) is 0 Å². The summed E-state index contributed by atoms with van der Waals surface area (Å²) in [6, 6.07) is 5.71. The molecule has 3 nitrogen and oxygen atoms in total. The molecule has 1 rings (SSSR count). The smallest absolute Gasteiger partial charge is 0.310 e. The molecule has 1 N–H and O–H groups in total. The Bertz CT molecular complexity index is 406. The van der Waals surface area contributed by atoms with E-state index in [0.717, 1.165) is 11.3 Å². The first-order valence-electron chi connectivity index (χ1n) is 5.56. The van der Waals surface area contributed by atoms with Crippen LogP contribution in [-0.2, 0) is 9.53 Å². The predicted molar refractivity (Wildman–Crippen MR) is 70.5 cm³/mol. The molecule has 2 unspecified atom stereocenters. The van der Waals surface area contributed by atoms with Gasteiger partial charge in [0.25, 0.3) is 0 Å². The molecule has 17 heavy (non-hydrogen) atoms. The van der Waals surface area contributed by atoms with Crippen molar-refractivity contribution in [3.63, 3.8) is 0 Å². The molecule has 0 heterocycles. The molecule has 0 aromatic heterocycles. The molecule has 0 aliphatic rings. The van der Waals surface area contributed by atoms with Crippen LogP contribution < -0.4 is 5.32 Å². The lowest BCUT2D eigenvalue weighted by Crippen LogP contribution is -2.30. The van der Waals surface area contributed by atoms with E-state index in [0.29, 0.717) is 5.02 Å². The van der Waals surface area contributed by atoms with Crippen molar-refractivity contribution in [1.82, 2.24) is 0 Å². The van der Waals surface area contributed by atoms with E-state index in [4.69, 9.17) is 16.3 Å². The van der Waals surface area contributed by atoms with E-state index >= 15 is 0 Å². The highest BCUT2D eigenvalue weighted by molar-refractivity contribution is 6.33. The van der Waals surface area contributed by atoms with Crippen molar-refractivity contribution in [3.8, 4) is 0 Å². The number of carbonyl (C=O) groups is 1. The van der Waals surface area contributed by atoms with E-state index < -0.39 is 0 Å². The van der Waals surface area contributed by atoms with Crippen molar-refractivity contribution in [2.24, 2.45) is 5.92 Å². The van der Waals surface area contributed by atoms with Gasteiger partial charge in [-0.2, -0.15) is 0 Å². The monoisotopic (exact) mass is 255 g/mol. The van der Waals surface area contributed by atoms with Crippen LogP contribution in [0.1, 0.15) is 19.4 Å². The van der Waals surface area contributed by atoms with Gasteiger partial charge in [0.15, 0.2) is 0 Å². The van der Waals surface area contributed by atoms with Crippen LogP contribution in [0.3, 0.4) is 0 Å². The van der Waals surface area contributed by atoms with Crippen LogP contribution in [0.25, 0.3) is 0 Å². The number of anilines is 1. The van der Waals surface area contributed by atoms with Crippen LogP contribution >= 0.6 is 11.6 Å². The van der Waals surface area contributed by atoms with Gasteiger partial charge in [-0.25, -0.2) is 0 Å². The van der Waals surface area contributed by atoms with Gasteiger partial charge in [0.1, 0.15) is 0 Å². The Balaban J connectivity index is 2.77. The molecule has 0 spiro atoms. The van der Waals surface area contributed by atoms with Gasteiger partial charge in [0.05, 0.1) is 23.7 Å². The van der Waals surface area contributed by atoms with Gasteiger partial charge in [0, 0.05) is 6.04 Å². The molecular formula is C13H18ClNO2. The van der Waals surface area contributed by atoms with Crippen LogP contribution in [-0.4, -0.2) is 19.1 Å². The van der Waals surface area contributed by atoms with E-state index in [9.17, 15) is 4.79 Å². The third-order valence-electron chi connectivity index (χ3n) is 2.83. The van der Waals surface area contributed by atoms with Crippen LogP contribution in [0.5, 0.6) is 0 Å². The van der Waals surface area contributed by atoms with Gasteiger partial charge in [-0.1, -0.05) is 17.7 Å². The standard InChI is InChI=1S/C13H18ClNO2/c1-8-5-6-11(14)12(7-8)15-10(3)9(2)13(16)17-4/h5-7,9-10,15H,1-4H3. The summed E-state index contributed by atoms with van der Waals surface area (Å²) in [5.41, 5.74) is 1.96. The highest BCUT2D eigenvalue weighted by atomic mass is 35.5. The fourth-order valence-corrected chi connectivity index (χ4v) is 1.68. The molecular weight excluding hydrogens is 238 g/mol. The number of aryl methyl sites for hydroxylation is 1. The highest BCUT2D eigenvalue weighted by Crippen LogP contribution is 2.24. The number of hydrogen-bond acceptors (Lipinski definition) is 3. The second-order valence-electron chi connectivity index (χ2n) is 4.23. The summed E-state index contributed by atoms with van der Waals surface area (Å²) < 4.78 is 4.71. The van der Waals surface area contributed by atoms with E-state index in [1.807, 2.05) is 39.0 Å². The molecule has 2 atom stereocenters. The van der Waals surface area contributed by atoms with Crippen molar-refractivity contribution >= 4 is 23.3 Å². The van der Waals surface area contributed by atoms with Crippen LogP contribution in [0.4, 0.5) is 5.69 Å². The van der Waals surface area contributed by atoms with Crippen LogP contribution in [0.15, 0.2) is 18.2 Å². The van der Waals surface area contributed by atoms with E-state index in [-0.39, 0.29) is 17.9 Å². The third-order valence-corrected chi connectivity index (χ3v) is 3.16. The summed E-state index contributed by atoms with van der Waals surface area (Å²) in [5.74, 6) is -0.453. The number of rotatable bonds is 4. The Kier molecular flexibility index (Phi) is 4.82. The normalized spacial score (nSPS) is 13.9. The summed E-state index contributed by atoms with van der Waals surface area (Å²) in [6.45, 7) is 5.75. The van der Waals surface area contributed by atoms with E-state index in [1.165, 1.54) is 7.11 Å². The number of ether oxygens (including phenoxy) is 1. The number of esters is 1. The Labute approximate surface area is 107 Å². The summed E-state index contributed by atoms with van der Waals surface area (Å²) in [6.07, 6.45) is 0. The molecule has 1 aromatic carbocycles. The number of benzene rings is 1. The minimum Gasteiger partial charge on any atom is -0.469 e. The average molecular weight is 256 g/mol. The zero-order valence-corrected chi connectivity index (χ0v) is 11.3. The topological polar surface area (TPSA) is 38.3 Å². The van der Waals surface area contributed by atoms with E-state index in [1.54, 1.807) is 0 Å². The first-order chi connectivity index (χ1) is 7.95. The lowest BCUT2D eigenvalue weighted by Gasteiger charge is -2.21. The predicted octanol–water partition coefficient (Wildman–Crippen LogP) is 3.26. The lowest BCUT2D eigenvalue weighted by atomic mass is 10.0. The summed E-state index contributed by atoms with van der Waals surface area (Å²) in [7, 11) is 1.39. The molecule has 0 fully saturated rings. The molecule has 1 aromatic rings. The van der Waals surface area contributed by atoms with Crippen LogP contribution in [0, 0.1) is 12.8 Å². The SMILES string of the molecule is COC(=O)C(C)C(C)Nc1cc(C)ccc1Cl. The lowest BCUT2D eigenvalue weighted by molar-refractivity contribution is -0.145. The minimum absolute atomic E-state index is 0.0400. The minimum atomic E-state index is -0.228. The fraction of sp³-hybridized carbons (Fsp3) is 0.462. The molecule has 4 heteroatoms. The first kappa shape index (κ1) is 13.8. The average Bonchev–Trinajstić information content (AvgIpc) is 2.31. The number of halogens is 1. The van der Waals surface area contributed by atoms with Crippen molar-refractivity contribution < 1.29 is 9.53 Å². The maximum absolute atomic E-state index is 11.4. The largest absolute Gasteiger partial charge is 0.469 e. The molecule has 0 saturated carbocycles. The second-order valence-corrected chi connectivity index (χ2v) is 4.64. The van der Waals surface area contributed by atoms with Gasteiger partial charge in [-0.15, -0.1) is 0 Å². The Morgan fingerprint density at radius 1 is 1.41 bits per heavy atom. The van der Waals surface area contributed by atoms with E-state index in [2.05, 4.69) is 5.32 Å². The van der Waals surface area contributed by atoms with Crippen molar-refractivity contribution in [3.05, 3.63) is 28.8 Å². The summed E-state index contributed by atoms with van der Waals surface area (Å²) >= 11 is 6.08. The molecule has 0 aliphatic heterocycles. The number of carbonyl (C=O) groups excluding carboxylic acids is 1. The summed E-state index contributed by atoms with van der Waals surface area (Å²) in [5, 5.41) is 3.89. The van der Waals surface area contributed by atoms with Gasteiger partial charge >= 0.3 is 5.97 Å². The van der Waals surface area contributed by atoms with Gasteiger partial charge in [-0.05, 0) is 38.5 Å². The van der Waals surface area contributed by atoms with Gasteiger partial charge < -0.3 is 10.1 Å². The molecule has 94 valence electrons. The van der Waals surface area contributed by atoms with Crippen molar-refractivity contribution in [1.29, 1.82) is 0 Å². The van der Waals surface area contributed by atoms with Crippen LogP contribution in [0.2, 0.25) is 5.02 Å². The number of methoxy groups -OCH3 is 1. The summed E-state index contributed by atoms with van der Waals surface area (Å²) in [4.78, 5) is 11.4. The molecule has 0 bridgehead atoms. The van der Waals surface area contributed by atoms with Crippen molar-refractivity contribution in [2.75, 3.05) is 12.4 Å². The number of nitrogens with one attached hydrogen (secondary N) is 1. The maximum atomic E-state index is 11.4. The molecule has 0 radical (unpaired) electrons. The molecule has 0 saturated heterocycles. The first-order valence-corrected chi connectivity index (χ1v) is 5.94. The zero-order valence-electron chi connectivity index (χ0n) is 10.6. The molecule has 0 amide bonds. The quantitative estimate of drug-likeness (QED) is 0.840. The maximum Gasteiger partial charge on any atom is 0.310 e. The van der Waals surface area contributed by atoms with Crippen molar-refractivity contribution in [2.45, 2.75) is 26.8 Å². The molecule has 0 aliphatic carbocycles. The number of hydrogen-bond donors (Lipinski definition) is 1. The third kappa shape index (κ3) is 3.63. The van der Waals surface area contributed by atoms with Gasteiger partial charge in [-0.3, -0.25) is 4.79 Å². The Morgan fingerprint density at radius 3 is 2.65 bits per heavy atom. The Hall–Kier alpha value is -1.22. The second kappa shape index (κ2) is 5.92. The fourth-order valence-electron chi connectivity index (χ4n) is 1.51. The highest BCUT2D eigenvalue weighted by Gasteiger charge is 2.21. The Morgan fingerprint density at radius 2 is 2.06 bits per heavy atom. The zero-order chi connectivity index (χ0) is 13.0.